The Morgan fingerprint density at radius 1 is 1.06 bits per heavy atom. The zero-order chi connectivity index (χ0) is 25.5. The van der Waals surface area contributed by atoms with Crippen molar-refractivity contribution in [2.45, 2.75) is 46.1 Å². The number of aromatic nitrogens is 1. The van der Waals surface area contributed by atoms with E-state index in [0.29, 0.717) is 22.6 Å². The number of benzene rings is 2. The number of ketones is 1. The molecule has 0 aliphatic carbocycles. The van der Waals surface area contributed by atoms with Crippen molar-refractivity contribution in [3.05, 3.63) is 94.3 Å². The third kappa shape index (κ3) is 4.20. The number of aliphatic hydroxyl groups excluding tert-OH is 1. The SMILES string of the molecule is COc1ccc(C(C)(C)C)cc1/C(O)=C1\C(=O)C(=O)N(c2cccc(C)c2C)C1c1cccnc1. The number of anilines is 1. The van der Waals surface area contributed by atoms with Crippen LogP contribution in [0.15, 0.2) is 66.5 Å². The summed E-state index contributed by atoms with van der Waals surface area (Å²) in [6.45, 7) is 10.1. The van der Waals surface area contributed by atoms with Crippen LogP contribution in [0.3, 0.4) is 0 Å². The molecule has 35 heavy (non-hydrogen) atoms. The zero-order valence-electron chi connectivity index (χ0n) is 20.9. The summed E-state index contributed by atoms with van der Waals surface area (Å²) in [4.78, 5) is 32.6. The lowest BCUT2D eigenvalue weighted by atomic mass is 9.85. The molecule has 0 spiro atoms. The minimum Gasteiger partial charge on any atom is -0.507 e. The maximum Gasteiger partial charge on any atom is 0.300 e. The third-order valence-corrected chi connectivity index (χ3v) is 6.60. The van der Waals surface area contributed by atoms with E-state index in [2.05, 4.69) is 25.8 Å². The number of rotatable bonds is 4. The van der Waals surface area contributed by atoms with Crippen LogP contribution in [0.2, 0.25) is 0 Å². The molecule has 1 atom stereocenters. The molecule has 2 aromatic carbocycles. The van der Waals surface area contributed by atoms with Gasteiger partial charge >= 0.3 is 0 Å². The largest absolute Gasteiger partial charge is 0.507 e. The van der Waals surface area contributed by atoms with Crippen LogP contribution in [0.5, 0.6) is 5.75 Å². The fourth-order valence-corrected chi connectivity index (χ4v) is 4.44. The van der Waals surface area contributed by atoms with E-state index in [1.165, 1.54) is 12.0 Å². The second-order valence-corrected chi connectivity index (χ2v) is 9.84. The summed E-state index contributed by atoms with van der Waals surface area (Å²) in [5.41, 5.74) is 4.26. The number of aryl methyl sites for hydroxylation is 1. The van der Waals surface area contributed by atoms with Gasteiger partial charge in [0.25, 0.3) is 11.7 Å². The highest BCUT2D eigenvalue weighted by Crippen LogP contribution is 2.44. The number of methoxy groups -OCH3 is 1. The molecule has 1 aliphatic heterocycles. The van der Waals surface area contributed by atoms with Crippen molar-refractivity contribution in [3.63, 3.8) is 0 Å². The molecule has 1 amide bonds. The number of ether oxygens (including phenoxy) is 1. The number of pyridine rings is 1. The lowest BCUT2D eigenvalue weighted by Crippen LogP contribution is -2.30. The van der Waals surface area contributed by atoms with E-state index in [-0.39, 0.29) is 16.7 Å². The molecule has 6 heteroatoms. The standard InChI is InChI=1S/C29H30N2O4/c1-17-9-7-11-22(18(17)2)31-25(19-10-8-14-30-16-19)24(27(33)28(31)34)26(32)21-15-20(29(3,4)5)12-13-23(21)35-6/h7-16,25,32H,1-6H3/b26-24+. The van der Waals surface area contributed by atoms with Crippen molar-refractivity contribution >= 4 is 23.1 Å². The third-order valence-electron chi connectivity index (χ3n) is 6.60. The molecule has 1 N–H and O–H groups in total. The Morgan fingerprint density at radius 2 is 1.80 bits per heavy atom. The molecule has 0 bridgehead atoms. The Morgan fingerprint density at radius 3 is 2.43 bits per heavy atom. The monoisotopic (exact) mass is 470 g/mol. The van der Waals surface area contributed by atoms with E-state index in [0.717, 1.165) is 16.7 Å². The van der Waals surface area contributed by atoms with Crippen LogP contribution >= 0.6 is 0 Å². The van der Waals surface area contributed by atoms with E-state index in [1.54, 1.807) is 30.6 Å². The smallest absolute Gasteiger partial charge is 0.300 e. The molecule has 1 fully saturated rings. The maximum atomic E-state index is 13.5. The van der Waals surface area contributed by atoms with E-state index >= 15 is 0 Å². The zero-order valence-corrected chi connectivity index (χ0v) is 20.9. The molecular formula is C29H30N2O4. The van der Waals surface area contributed by atoms with Crippen LogP contribution in [0, 0.1) is 13.8 Å². The number of nitrogens with zero attached hydrogens (tertiary/aromatic N) is 2. The van der Waals surface area contributed by atoms with Gasteiger partial charge in [-0.1, -0.05) is 45.0 Å². The second-order valence-electron chi connectivity index (χ2n) is 9.84. The van der Waals surface area contributed by atoms with E-state index < -0.39 is 17.7 Å². The van der Waals surface area contributed by atoms with Crippen LogP contribution in [0.4, 0.5) is 5.69 Å². The van der Waals surface area contributed by atoms with Crippen molar-refractivity contribution in [2.24, 2.45) is 0 Å². The van der Waals surface area contributed by atoms with Gasteiger partial charge in [0.05, 0.1) is 24.3 Å². The van der Waals surface area contributed by atoms with E-state index in [4.69, 9.17) is 4.74 Å². The van der Waals surface area contributed by atoms with Gasteiger partial charge in [0.15, 0.2) is 0 Å². The van der Waals surface area contributed by atoms with Crippen molar-refractivity contribution in [1.29, 1.82) is 0 Å². The normalized spacial score (nSPS) is 17.7. The molecule has 180 valence electrons. The first-order valence-corrected chi connectivity index (χ1v) is 11.5. The number of hydrogen-bond donors (Lipinski definition) is 1. The van der Waals surface area contributed by atoms with Gasteiger partial charge in [-0.3, -0.25) is 19.5 Å². The number of Topliss-reactive ketones (excluding diaryl/α,β-unsaturated/α-hetero) is 1. The quantitative estimate of drug-likeness (QED) is 0.304. The summed E-state index contributed by atoms with van der Waals surface area (Å²) in [5.74, 6) is -1.30. The Balaban J connectivity index is 2.02. The molecule has 3 aromatic rings. The topological polar surface area (TPSA) is 79.7 Å². The fourth-order valence-electron chi connectivity index (χ4n) is 4.44. The molecular weight excluding hydrogens is 440 g/mol. The number of aliphatic hydroxyl groups is 1. The first-order valence-electron chi connectivity index (χ1n) is 11.5. The first-order chi connectivity index (χ1) is 16.6. The Hall–Kier alpha value is -3.93. The highest BCUT2D eigenvalue weighted by molar-refractivity contribution is 6.51. The van der Waals surface area contributed by atoms with Crippen molar-refractivity contribution in [2.75, 3.05) is 12.0 Å². The van der Waals surface area contributed by atoms with Crippen LogP contribution in [-0.2, 0) is 15.0 Å². The van der Waals surface area contributed by atoms with Crippen molar-refractivity contribution in [3.8, 4) is 5.75 Å². The highest BCUT2D eigenvalue weighted by Gasteiger charge is 2.47. The molecule has 0 saturated carbocycles. The second kappa shape index (κ2) is 9.02. The average Bonchev–Trinajstić information content (AvgIpc) is 3.10. The molecule has 2 heterocycles. The van der Waals surface area contributed by atoms with Gasteiger partial charge in [-0.05, 0) is 65.8 Å². The van der Waals surface area contributed by atoms with E-state index in [9.17, 15) is 14.7 Å². The van der Waals surface area contributed by atoms with Crippen LogP contribution in [0.25, 0.3) is 5.76 Å². The number of hydrogen-bond acceptors (Lipinski definition) is 5. The molecule has 1 aromatic heterocycles. The molecule has 1 aliphatic rings. The molecule has 1 unspecified atom stereocenters. The van der Waals surface area contributed by atoms with Crippen molar-refractivity contribution < 1.29 is 19.4 Å². The van der Waals surface area contributed by atoms with Crippen LogP contribution in [0.1, 0.15) is 54.6 Å². The van der Waals surface area contributed by atoms with Gasteiger partial charge in [-0.25, -0.2) is 0 Å². The number of carbonyl (C=O) groups is 2. The summed E-state index contributed by atoms with van der Waals surface area (Å²) >= 11 is 0. The molecule has 6 nitrogen and oxygen atoms in total. The first kappa shape index (κ1) is 24.2. The lowest BCUT2D eigenvalue weighted by molar-refractivity contribution is -0.132. The van der Waals surface area contributed by atoms with Gasteiger partial charge in [-0.2, -0.15) is 0 Å². The van der Waals surface area contributed by atoms with Crippen LogP contribution < -0.4 is 9.64 Å². The van der Waals surface area contributed by atoms with Crippen molar-refractivity contribution in [1.82, 2.24) is 4.98 Å². The minimum absolute atomic E-state index is 0.00765. The highest BCUT2D eigenvalue weighted by atomic mass is 16.5. The van der Waals surface area contributed by atoms with Crippen LogP contribution in [-0.4, -0.2) is 28.9 Å². The number of carbonyl (C=O) groups excluding carboxylic acids is 2. The molecule has 4 rings (SSSR count). The molecule has 0 radical (unpaired) electrons. The predicted octanol–water partition coefficient (Wildman–Crippen LogP) is 5.63. The van der Waals surface area contributed by atoms with E-state index in [1.807, 2.05) is 44.2 Å². The van der Waals surface area contributed by atoms with Gasteiger partial charge in [0, 0.05) is 18.1 Å². The van der Waals surface area contributed by atoms with Gasteiger partial charge < -0.3 is 9.84 Å². The minimum atomic E-state index is -0.841. The summed E-state index contributed by atoms with van der Waals surface area (Å²) in [6, 6.07) is 13.9. The lowest BCUT2D eigenvalue weighted by Gasteiger charge is -2.27. The van der Waals surface area contributed by atoms with Gasteiger partial charge in [0.2, 0.25) is 0 Å². The summed E-state index contributed by atoms with van der Waals surface area (Å²) in [6.07, 6.45) is 3.24. The van der Waals surface area contributed by atoms with Gasteiger partial charge in [0.1, 0.15) is 11.5 Å². The number of amides is 1. The van der Waals surface area contributed by atoms with Gasteiger partial charge in [-0.15, -0.1) is 0 Å². The summed E-state index contributed by atoms with van der Waals surface area (Å²) < 4.78 is 5.53. The average molecular weight is 471 g/mol. The fraction of sp³-hybridized carbons (Fsp3) is 0.276. The maximum absolute atomic E-state index is 13.5. The Kier molecular flexibility index (Phi) is 6.24. The molecule has 1 saturated heterocycles. The predicted molar refractivity (Wildman–Crippen MR) is 137 cm³/mol. The summed E-state index contributed by atoms with van der Waals surface area (Å²) in [5, 5.41) is 11.6. The summed E-state index contributed by atoms with van der Waals surface area (Å²) in [7, 11) is 1.51. The Labute approximate surface area is 205 Å². The Bertz CT molecular complexity index is 1340.